The fourth-order valence-corrected chi connectivity index (χ4v) is 1.29. The van der Waals surface area contributed by atoms with Crippen LogP contribution in [0.4, 0.5) is 13.2 Å². The van der Waals surface area contributed by atoms with Gasteiger partial charge in [-0.3, -0.25) is 4.79 Å². The molecule has 0 spiro atoms. The molecule has 0 atom stereocenters. The molecule has 0 bridgehead atoms. The molecule has 0 fully saturated rings. The molecule has 0 saturated heterocycles. The lowest BCUT2D eigenvalue weighted by Gasteiger charge is -2.11. The lowest BCUT2D eigenvalue weighted by Crippen LogP contribution is -2.15. The number of halogens is 3. The van der Waals surface area contributed by atoms with Gasteiger partial charge >= 0.3 is 16.7 Å². The quantitative estimate of drug-likeness (QED) is 0.867. The molecule has 0 aromatic heterocycles. The lowest BCUT2D eigenvalue weighted by molar-refractivity contribution is -0.138. The average molecular weight is 296 g/mol. The molecule has 19 heavy (non-hydrogen) atoms. The van der Waals surface area contributed by atoms with Gasteiger partial charge in [-0.15, -0.1) is 0 Å². The number of rotatable bonds is 2. The van der Waals surface area contributed by atoms with Crippen molar-refractivity contribution in [3.05, 3.63) is 34.9 Å². The summed E-state index contributed by atoms with van der Waals surface area (Å²) in [6.07, 6.45) is -4.57. The maximum absolute atomic E-state index is 12.4. The first-order valence-corrected chi connectivity index (χ1v) is 5.87. The third kappa shape index (κ3) is 7.19. The van der Waals surface area contributed by atoms with Crippen LogP contribution < -0.4 is 5.73 Å². The van der Waals surface area contributed by atoms with Gasteiger partial charge < -0.3 is 5.73 Å². The van der Waals surface area contributed by atoms with Gasteiger partial charge in [0.15, 0.2) is 0 Å². The summed E-state index contributed by atoms with van der Waals surface area (Å²) in [7, 11) is -2.61. The van der Waals surface area contributed by atoms with E-state index in [0.29, 0.717) is 0 Å². The van der Waals surface area contributed by atoms with Crippen molar-refractivity contribution < 1.29 is 26.4 Å². The van der Waals surface area contributed by atoms with E-state index in [4.69, 9.17) is 18.9 Å². The van der Waals surface area contributed by atoms with Crippen LogP contribution in [-0.2, 0) is 27.9 Å². The number of primary amides is 1. The van der Waals surface area contributed by atoms with Crippen LogP contribution in [0.1, 0.15) is 16.7 Å². The van der Waals surface area contributed by atoms with Crippen LogP contribution in [0.5, 0.6) is 0 Å². The van der Waals surface area contributed by atoms with Crippen molar-refractivity contribution in [3.63, 3.8) is 0 Å². The van der Waals surface area contributed by atoms with Crippen molar-refractivity contribution in [2.75, 3.05) is 0 Å². The molecule has 0 radical (unpaired) electrons. The summed E-state index contributed by atoms with van der Waals surface area (Å²) in [5.74, 6) is -0.646. The molecule has 1 aromatic rings. The van der Waals surface area contributed by atoms with E-state index in [0.717, 1.165) is 6.07 Å². The summed E-state index contributed by atoms with van der Waals surface area (Å²) in [6.45, 7) is 1.37. The molecule has 1 aromatic carbocycles. The van der Waals surface area contributed by atoms with Crippen LogP contribution >= 0.6 is 0 Å². The van der Waals surface area contributed by atoms with Crippen LogP contribution in [0.15, 0.2) is 18.2 Å². The van der Waals surface area contributed by atoms with E-state index in [1.54, 1.807) is 0 Å². The van der Waals surface area contributed by atoms with Crippen molar-refractivity contribution in [1.82, 2.24) is 0 Å². The minimum absolute atomic E-state index is 0.135. The van der Waals surface area contributed by atoms with E-state index >= 15 is 0 Å². The molecular formula is C10H11F3N2O3S. The number of carbonyl (C=O) groups excluding carboxylic acids is 1. The third-order valence-electron chi connectivity index (χ3n) is 1.99. The van der Waals surface area contributed by atoms with E-state index in [2.05, 4.69) is 0 Å². The number of benzene rings is 1. The smallest absolute Gasteiger partial charge is 0.369 e. The highest BCUT2D eigenvalue weighted by Gasteiger charge is 2.32. The van der Waals surface area contributed by atoms with E-state index in [-0.39, 0.29) is 17.5 Å². The molecule has 1 amide bonds. The molecule has 0 aliphatic rings. The number of nitrogens with one attached hydrogen (secondary N) is 1. The second-order valence-electron chi connectivity index (χ2n) is 3.52. The molecule has 106 valence electrons. The Morgan fingerprint density at radius 1 is 1.37 bits per heavy atom. The number of nitrogens with two attached hydrogens (primary N) is 1. The second-order valence-corrected chi connectivity index (χ2v) is 3.99. The molecule has 9 heteroatoms. The van der Waals surface area contributed by atoms with Crippen molar-refractivity contribution in [2.24, 2.45) is 5.73 Å². The zero-order valence-corrected chi connectivity index (χ0v) is 10.6. The van der Waals surface area contributed by atoms with Crippen LogP contribution in [0.2, 0.25) is 0 Å². The highest BCUT2D eigenvalue weighted by molar-refractivity contribution is 7.60. The highest BCUT2D eigenvalue weighted by Crippen LogP contribution is 2.32. The van der Waals surface area contributed by atoms with E-state index < -0.39 is 28.1 Å². The Kier molecular flexibility index (Phi) is 6.19. The van der Waals surface area contributed by atoms with Gasteiger partial charge in [0.05, 0.1) is 12.0 Å². The standard InChI is InChI=1S/C10H10F3NO.HNO2S/c1-6-2-3-7(5-9(14)15)4-8(6)10(11,12)13;1-4(2)3/h2-4H,5H2,1H3,(H2,14,15);1H. The highest BCUT2D eigenvalue weighted by atomic mass is 32.2. The number of aryl methyl sites for hydroxylation is 1. The molecule has 0 aliphatic carbocycles. The van der Waals surface area contributed by atoms with Crippen molar-refractivity contribution >= 4 is 16.4 Å². The first-order valence-electron chi connectivity index (χ1n) is 4.79. The van der Waals surface area contributed by atoms with Gasteiger partial charge in [0.2, 0.25) is 5.91 Å². The Morgan fingerprint density at radius 3 is 2.21 bits per heavy atom. The molecule has 5 nitrogen and oxygen atoms in total. The van der Waals surface area contributed by atoms with E-state index in [1.165, 1.54) is 19.1 Å². The molecule has 0 aliphatic heterocycles. The summed E-state index contributed by atoms with van der Waals surface area (Å²) in [6, 6.07) is 3.76. The fourth-order valence-electron chi connectivity index (χ4n) is 1.29. The molecule has 0 unspecified atom stereocenters. The summed E-state index contributed by atoms with van der Waals surface area (Å²) < 4.78 is 60.2. The van der Waals surface area contributed by atoms with Gasteiger partial charge in [-0.05, 0) is 24.1 Å². The van der Waals surface area contributed by atoms with Crippen molar-refractivity contribution in [3.8, 4) is 0 Å². The number of carbonyl (C=O) groups is 1. The zero-order chi connectivity index (χ0) is 15.2. The van der Waals surface area contributed by atoms with Crippen LogP contribution in [0.25, 0.3) is 0 Å². The van der Waals surface area contributed by atoms with Gasteiger partial charge in [-0.2, -0.15) is 26.4 Å². The lowest BCUT2D eigenvalue weighted by atomic mass is 10.0. The Bertz CT molecular complexity index is 560. The van der Waals surface area contributed by atoms with Gasteiger partial charge in [0.25, 0.3) is 0 Å². The normalized spacial score (nSPS) is 10.3. The number of hydrogen-bond acceptors (Lipinski definition) is 4. The molecule has 3 N–H and O–H groups in total. The molecule has 0 saturated carbocycles. The molecule has 0 heterocycles. The van der Waals surface area contributed by atoms with Crippen LogP contribution in [-0.4, -0.2) is 14.3 Å². The maximum Gasteiger partial charge on any atom is 0.416 e. The number of amides is 1. The van der Waals surface area contributed by atoms with Gasteiger partial charge in [0.1, 0.15) is 0 Å². The predicted molar refractivity (Wildman–Crippen MR) is 60.7 cm³/mol. The Morgan fingerprint density at radius 2 is 1.84 bits per heavy atom. The Labute approximate surface area is 108 Å². The van der Waals surface area contributed by atoms with Crippen molar-refractivity contribution in [1.29, 1.82) is 4.78 Å². The van der Waals surface area contributed by atoms with Gasteiger partial charge in [-0.1, -0.05) is 12.1 Å². The fraction of sp³-hybridized carbons (Fsp3) is 0.300. The average Bonchev–Trinajstić information content (AvgIpc) is 2.17. The maximum atomic E-state index is 12.4. The summed E-state index contributed by atoms with van der Waals surface area (Å²) >= 11 is 0. The zero-order valence-electron chi connectivity index (χ0n) is 9.78. The predicted octanol–water partition coefficient (Wildman–Crippen LogP) is 1.67. The van der Waals surface area contributed by atoms with E-state index in [1.807, 2.05) is 0 Å². The Balaban J connectivity index is 0.000000711. The summed E-state index contributed by atoms with van der Waals surface area (Å²) in [4.78, 5) is 10.6. The topological polar surface area (TPSA) is 101 Å². The molecule has 1 rings (SSSR count). The second kappa shape index (κ2) is 6.88. The van der Waals surface area contributed by atoms with Gasteiger partial charge in [0, 0.05) is 0 Å². The van der Waals surface area contributed by atoms with Crippen molar-refractivity contribution in [2.45, 2.75) is 19.5 Å². The molecular weight excluding hydrogens is 285 g/mol. The SMILES string of the molecule is Cc1ccc(CC(N)=O)cc1C(F)(F)F.N=S(=O)=O. The number of alkyl halides is 3. The third-order valence-corrected chi connectivity index (χ3v) is 1.99. The van der Waals surface area contributed by atoms with Gasteiger partial charge in [-0.25, -0.2) is 0 Å². The van der Waals surface area contributed by atoms with Crippen LogP contribution in [0.3, 0.4) is 0 Å². The monoisotopic (exact) mass is 296 g/mol. The minimum Gasteiger partial charge on any atom is -0.369 e. The first kappa shape index (κ1) is 17.1. The largest absolute Gasteiger partial charge is 0.416 e. The summed E-state index contributed by atoms with van der Waals surface area (Å²) in [5, 5.41) is 0. The van der Waals surface area contributed by atoms with E-state index in [9.17, 15) is 18.0 Å². The minimum atomic E-state index is -4.39. The Hall–Kier alpha value is -1.90. The first-order chi connectivity index (χ1) is 8.54. The van der Waals surface area contributed by atoms with Crippen LogP contribution in [0, 0.1) is 11.7 Å². The number of hydrogen-bond donors (Lipinski definition) is 2. The summed E-state index contributed by atoms with van der Waals surface area (Å²) in [5.41, 5.74) is 4.59.